The number of rotatable bonds is 1. The quantitative estimate of drug-likeness (QED) is 0.635. The second-order valence-electron chi connectivity index (χ2n) is 3.62. The highest BCUT2D eigenvalue weighted by molar-refractivity contribution is 8.00. The molecule has 0 amide bonds. The van der Waals surface area contributed by atoms with Crippen LogP contribution >= 0.6 is 11.8 Å². The van der Waals surface area contributed by atoms with Crippen molar-refractivity contribution in [1.29, 1.82) is 0 Å². The van der Waals surface area contributed by atoms with E-state index in [0.717, 1.165) is 30.8 Å². The van der Waals surface area contributed by atoms with Crippen LogP contribution in [0.4, 0.5) is 0 Å². The number of hydrogen-bond acceptors (Lipinski definition) is 4. The summed E-state index contributed by atoms with van der Waals surface area (Å²) in [5.41, 5.74) is 1.13. The van der Waals surface area contributed by atoms with Gasteiger partial charge in [0, 0.05) is 18.0 Å². The minimum absolute atomic E-state index is 0.299. The second-order valence-corrected chi connectivity index (χ2v) is 4.97. The van der Waals surface area contributed by atoms with E-state index in [1.165, 1.54) is 11.8 Å². The molecule has 1 saturated heterocycles. The Bertz CT molecular complexity index is 273. The molecule has 0 saturated carbocycles. The lowest BCUT2D eigenvalue weighted by atomic mass is 10.1. The number of aliphatic hydroxyl groups is 2. The van der Waals surface area contributed by atoms with Crippen molar-refractivity contribution in [2.45, 2.75) is 18.0 Å². The van der Waals surface area contributed by atoms with Gasteiger partial charge in [0.1, 0.15) is 0 Å². The van der Waals surface area contributed by atoms with E-state index in [-0.39, 0.29) is 0 Å². The molecule has 2 aliphatic rings. The van der Waals surface area contributed by atoms with Gasteiger partial charge in [0.15, 0.2) is 0 Å². The Morgan fingerprint density at radius 3 is 2.86 bits per heavy atom. The summed E-state index contributed by atoms with van der Waals surface area (Å²) >= 11 is 1.21. The number of hydrogen-bond donors (Lipinski definition) is 2. The fourth-order valence-corrected chi connectivity index (χ4v) is 2.63. The van der Waals surface area contributed by atoms with Gasteiger partial charge in [-0.25, -0.2) is 0 Å². The molecule has 3 nitrogen and oxygen atoms in total. The molecular weight excluding hydrogens is 198 g/mol. The maximum atomic E-state index is 9.50. The number of nitrogens with zero attached hydrogens (tertiary/aromatic N) is 1. The number of allylic oxidation sites excluding steroid dienone is 3. The van der Waals surface area contributed by atoms with Gasteiger partial charge in [-0.2, -0.15) is 0 Å². The molecule has 0 bridgehead atoms. The van der Waals surface area contributed by atoms with Crippen LogP contribution in [0.1, 0.15) is 12.8 Å². The Morgan fingerprint density at radius 2 is 2.21 bits per heavy atom. The van der Waals surface area contributed by atoms with Gasteiger partial charge in [0.05, 0.1) is 6.54 Å². The van der Waals surface area contributed by atoms with Crippen LogP contribution in [0.25, 0.3) is 0 Å². The van der Waals surface area contributed by atoms with Crippen LogP contribution in [0.2, 0.25) is 0 Å². The molecule has 2 rings (SSSR count). The minimum Gasteiger partial charge on any atom is -0.365 e. The molecule has 0 aromatic rings. The van der Waals surface area contributed by atoms with Gasteiger partial charge >= 0.3 is 0 Å². The maximum absolute atomic E-state index is 9.50. The number of β-amino-alcohol motifs (C(OH)–C–C–N with tert-alkyl or cyclic N) is 2. The van der Waals surface area contributed by atoms with E-state index in [9.17, 15) is 10.2 Å². The van der Waals surface area contributed by atoms with Gasteiger partial charge in [0.2, 0.25) is 5.12 Å². The molecule has 1 heterocycles. The molecule has 1 fully saturated rings. The SMILES string of the molecule is OC1(O)CN(C2=CCCC=C2)CCS1. The third kappa shape index (κ3) is 2.32. The van der Waals surface area contributed by atoms with Crippen molar-refractivity contribution < 1.29 is 10.2 Å². The van der Waals surface area contributed by atoms with Crippen LogP contribution < -0.4 is 0 Å². The monoisotopic (exact) mass is 213 g/mol. The summed E-state index contributed by atoms with van der Waals surface area (Å²) in [6, 6.07) is 0. The average Bonchev–Trinajstić information content (AvgIpc) is 2.18. The highest BCUT2D eigenvalue weighted by Gasteiger charge is 2.31. The molecule has 0 radical (unpaired) electrons. The first-order valence-electron chi connectivity index (χ1n) is 4.88. The van der Waals surface area contributed by atoms with Gasteiger partial charge in [-0.05, 0) is 18.9 Å². The predicted molar refractivity (Wildman–Crippen MR) is 57.7 cm³/mol. The van der Waals surface area contributed by atoms with Crippen molar-refractivity contribution in [3.8, 4) is 0 Å². The topological polar surface area (TPSA) is 43.7 Å². The normalized spacial score (nSPS) is 26.1. The van der Waals surface area contributed by atoms with Crippen molar-refractivity contribution in [2.24, 2.45) is 0 Å². The fourth-order valence-electron chi connectivity index (χ4n) is 1.75. The van der Waals surface area contributed by atoms with Crippen molar-refractivity contribution in [1.82, 2.24) is 4.90 Å². The Hall–Kier alpha value is -0.450. The Kier molecular flexibility index (Phi) is 2.85. The van der Waals surface area contributed by atoms with E-state index < -0.39 is 5.12 Å². The summed E-state index contributed by atoms with van der Waals surface area (Å²) in [6.07, 6.45) is 8.50. The van der Waals surface area contributed by atoms with E-state index in [2.05, 4.69) is 18.2 Å². The minimum atomic E-state index is -1.58. The van der Waals surface area contributed by atoms with Gasteiger partial charge in [-0.15, -0.1) is 0 Å². The smallest absolute Gasteiger partial charge is 0.231 e. The van der Waals surface area contributed by atoms with Gasteiger partial charge < -0.3 is 15.1 Å². The van der Waals surface area contributed by atoms with Crippen molar-refractivity contribution in [3.63, 3.8) is 0 Å². The first-order valence-corrected chi connectivity index (χ1v) is 5.86. The van der Waals surface area contributed by atoms with Crippen LogP contribution in [-0.4, -0.2) is 39.1 Å². The van der Waals surface area contributed by atoms with Crippen LogP contribution in [0.5, 0.6) is 0 Å². The van der Waals surface area contributed by atoms with Gasteiger partial charge in [0.25, 0.3) is 0 Å². The summed E-state index contributed by atoms with van der Waals surface area (Å²) < 4.78 is 0. The lowest BCUT2D eigenvalue weighted by Crippen LogP contribution is -2.45. The first kappa shape index (κ1) is 10.1. The third-order valence-corrected chi connectivity index (χ3v) is 3.41. The van der Waals surface area contributed by atoms with Crippen LogP contribution in [-0.2, 0) is 0 Å². The van der Waals surface area contributed by atoms with Crippen molar-refractivity contribution >= 4 is 11.8 Å². The lowest BCUT2D eigenvalue weighted by Gasteiger charge is -2.37. The van der Waals surface area contributed by atoms with Crippen LogP contribution in [0, 0.1) is 0 Å². The van der Waals surface area contributed by atoms with Crippen LogP contribution in [0.3, 0.4) is 0 Å². The van der Waals surface area contributed by atoms with Gasteiger partial charge in [-0.3, -0.25) is 0 Å². The molecule has 0 unspecified atom stereocenters. The molecule has 0 aromatic carbocycles. The third-order valence-electron chi connectivity index (χ3n) is 2.43. The zero-order valence-corrected chi connectivity index (χ0v) is 8.83. The first-order chi connectivity index (χ1) is 6.67. The molecule has 78 valence electrons. The molecule has 0 aromatic heterocycles. The summed E-state index contributed by atoms with van der Waals surface area (Å²) in [7, 11) is 0. The summed E-state index contributed by atoms with van der Waals surface area (Å²) in [5.74, 6) is 0.762. The molecule has 4 heteroatoms. The van der Waals surface area contributed by atoms with Crippen molar-refractivity contribution in [3.05, 3.63) is 23.9 Å². The molecule has 14 heavy (non-hydrogen) atoms. The lowest BCUT2D eigenvalue weighted by molar-refractivity contribution is -0.0933. The molecule has 0 spiro atoms. The highest BCUT2D eigenvalue weighted by Crippen LogP contribution is 2.28. The summed E-state index contributed by atoms with van der Waals surface area (Å²) in [5, 5.41) is 17.4. The highest BCUT2D eigenvalue weighted by atomic mass is 32.2. The largest absolute Gasteiger partial charge is 0.365 e. The van der Waals surface area contributed by atoms with E-state index in [1.54, 1.807) is 0 Å². The average molecular weight is 213 g/mol. The Labute approximate surface area is 88.1 Å². The van der Waals surface area contributed by atoms with Crippen LogP contribution in [0.15, 0.2) is 23.9 Å². The van der Waals surface area contributed by atoms with E-state index in [0.29, 0.717) is 6.54 Å². The summed E-state index contributed by atoms with van der Waals surface area (Å²) in [4.78, 5) is 2.03. The molecule has 1 aliphatic heterocycles. The summed E-state index contributed by atoms with van der Waals surface area (Å²) in [6.45, 7) is 1.19. The van der Waals surface area contributed by atoms with E-state index >= 15 is 0 Å². The molecule has 1 aliphatic carbocycles. The fraction of sp³-hybridized carbons (Fsp3) is 0.600. The van der Waals surface area contributed by atoms with E-state index in [1.807, 2.05) is 4.90 Å². The van der Waals surface area contributed by atoms with Crippen molar-refractivity contribution in [2.75, 3.05) is 18.8 Å². The molecule has 2 N–H and O–H groups in total. The predicted octanol–water partition coefficient (Wildman–Crippen LogP) is 0.907. The molecule has 0 atom stereocenters. The zero-order chi connectivity index (χ0) is 10.0. The Morgan fingerprint density at radius 1 is 1.36 bits per heavy atom. The molecular formula is C10H15NO2S. The van der Waals surface area contributed by atoms with E-state index in [4.69, 9.17) is 0 Å². The number of thioether (sulfide) groups is 1. The van der Waals surface area contributed by atoms with Gasteiger partial charge in [-0.1, -0.05) is 23.9 Å². The zero-order valence-electron chi connectivity index (χ0n) is 8.02. The second kappa shape index (κ2) is 3.96. The maximum Gasteiger partial charge on any atom is 0.231 e. The standard InChI is InChI=1S/C10H15NO2S/c12-10(13)8-11(6-7-14-10)9-4-2-1-3-5-9/h2,4-5,12-13H,1,3,6-8H2. The Balaban J connectivity index is 2.04.